The van der Waals surface area contributed by atoms with E-state index in [9.17, 15) is 0 Å². The van der Waals surface area contributed by atoms with Gasteiger partial charge in [-0.3, -0.25) is 0 Å². The molecule has 1 radical (unpaired) electrons. The Hall–Kier alpha value is -1.57. The Bertz CT molecular complexity index is 757. The maximum atomic E-state index is 2.30. The van der Waals surface area contributed by atoms with Crippen LogP contribution in [-0.4, -0.2) is 18.9 Å². The van der Waals surface area contributed by atoms with E-state index >= 15 is 0 Å². The van der Waals surface area contributed by atoms with E-state index in [1.165, 1.54) is 27.4 Å². The van der Waals surface area contributed by atoms with Crippen molar-refractivity contribution in [3.05, 3.63) is 108 Å². The zero-order valence-electron chi connectivity index (χ0n) is 12.2. The number of allylic oxidation sites excluding steroid dienone is 1. The van der Waals surface area contributed by atoms with Crippen molar-refractivity contribution >= 4 is 43.5 Å². The van der Waals surface area contributed by atoms with E-state index in [2.05, 4.69) is 97.1 Å². The van der Waals surface area contributed by atoms with Crippen LogP contribution in [-0.2, 0) is 0 Å². The minimum atomic E-state index is -0.509. The number of rotatable bonds is 3. The fraction of sp³-hybridized carbons (Fsp3) is 0. The molecule has 3 aromatic carbocycles. The van der Waals surface area contributed by atoms with Gasteiger partial charge in [-0.05, 0) is 29.7 Å². The van der Waals surface area contributed by atoms with Crippen LogP contribution in [0.25, 0.3) is 6.08 Å². The Labute approximate surface area is 151 Å². The maximum absolute atomic E-state index is 2.30. The molecule has 0 spiro atoms. The van der Waals surface area contributed by atoms with E-state index in [1.807, 2.05) is 0 Å². The van der Waals surface area contributed by atoms with Gasteiger partial charge in [-0.15, -0.1) is 0 Å². The molecule has 0 atom stereocenters. The van der Waals surface area contributed by atoms with Crippen LogP contribution in [0.15, 0.2) is 91.0 Å². The molecule has 0 aromatic heterocycles. The van der Waals surface area contributed by atoms with Crippen molar-refractivity contribution in [3.63, 3.8) is 0 Å². The topological polar surface area (TPSA) is 0 Å². The van der Waals surface area contributed by atoms with Gasteiger partial charge in [0, 0.05) is 0 Å². The Kier molecular flexibility index (Phi) is 5.19. The van der Waals surface area contributed by atoms with Gasteiger partial charge in [0.1, 0.15) is 0 Å². The molecule has 0 heterocycles. The Balaban J connectivity index is 0.00000156. The molecule has 0 N–H and O–H groups in total. The van der Waals surface area contributed by atoms with E-state index in [1.54, 1.807) is 0 Å². The van der Waals surface area contributed by atoms with Gasteiger partial charge in [-0.1, -0.05) is 97.1 Å². The summed E-state index contributed by atoms with van der Waals surface area (Å²) in [7, 11) is -0.509. The first-order valence-corrected chi connectivity index (χ1v) is 8.82. The van der Waals surface area contributed by atoms with Crippen LogP contribution < -0.4 is 10.6 Å². The second-order valence-corrected chi connectivity index (χ2v) is 7.50. The fourth-order valence-corrected chi connectivity index (χ4v) is 5.37. The SMILES string of the molecule is C1=Cc2ccccc2[C]1P(c1ccccc1)c1ccccc1.[LiH]. The van der Waals surface area contributed by atoms with Crippen molar-refractivity contribution in [2.45, 2.75) is 0 Å². The van der Waals surface area contributed by atoms with Crippen LogP contribution in [0.4, 0.5) is 0 Å². The van der Waals surface area contributed by atoms with Crippen LogP contribution in [0.2, 0.25) is 0 Å². The predicted octanol–water partition coefficient (Wildman–Crippen LogP) is 4.08. The molecule has 1 aliphatic rings. The van der Waals surface area contributed by atoms with Crippen molar-refractivity contribution in [1.82, 2.24) is 0 Å². The van der Waals surface area contributed by atoms with E-state index < -0.39 is 7.92 Å². The molecule has 0 saturated carbocycles. The van der Waals surface area contributed by atoms with Gasteiger partial charge in [0.2, 0.25) is 0 Å². The van der Waals surface area contributed by atoms with Crippen LogP contribution in [0.5, 0.6) is 0 Å². The van der Waals surface area contributed by atoms with Gasteiger partial charge in [0.15, 0.2) is 0 Å². The molecule has 0 amide bonds. The molecule has 0 unspecified atom stereocenters. The second-order valence-electron chi connectivity index (χ2n) is 5.31. The molecule has 3 aromatic rings. The average Bonchev–Trinajstić information content (AvgIpc) is 3.01. The molecule has 0 fully saturated rings. The normalized spacial score (nSPS) is 12.9. The third-order valence-electron chi connectivity index (χ3n) is 3.93. The third kappa shape index (κ3) is 3.22. The summed E-state index contributed by atoms with van der Waals surface area (Å²) in [5.74, 6) is 0. The standard InChI is InChI=1S/C21H16P.Li.H/c1-3-10-18(11-4-1)22(19-12-5-2-6-13-19)21-16-15-17-9-7-8-14-20(17)21;;/h1-16H;;. The van der Waals surface area contributed by atoms with Crippen molar-refractivity contribution in [2.75, 3.05) is 0 Å². The van der Waals surface area contributed by atoms with Crippen LogP contribution in [0.1, 0.15) is 11.1 Å². The molecule has 0 aliphatic heterocycles. The Morgan fingerprint density at radius 1 is 0.522 bits per heavy atom. The zero-order chi connectivity index (χ0) is 14.8. The number of benzene rings is 3. The molecule has 107 valence electrons. The third-order valence-corrected chi connectivity index (χ3v) is 6.43. The van der Waals surface area contributed by atoms with Crippen LogP contribution in [0.3, 0.4) is 0 Å². The zero-order valence-corrected chi connectivity index (χ0v) is 13.1. The first-order valence-electron chi connectivity index (χ1n) is 7.48. The van der Waals surface area contributed by atoms with Crippen molar-refractivity contribution in [2.24, 2.45) is 0 Å². The van der Waals surface area contributed by atoms with Gasteiger partial charge in [-0.2, -0.15) is 0 Å². The quantitative estimate of drug-likeness (QED) is 0.505. The first kappa shape index (κ1) is 16.3. The molecule has 1 aliphatic carbocycles. The average molecular weight is 307 g/mol. The molecule has 0 bridgehead atoms. The van der Waals surface area contributed by atoms with Crippen LogP contribution in [0, 0.1) is 5.66 Å². The van der Waals surface area contributed by atoms with Crippen molar-refractivity contribution in [3.8, 4) is 0 Å². The van der Waals surface area contributed by atoms with Gasteiger partial charge < -0.3 is 0 Å². The first-order chi connectivity index (χ1) is 10.9. The summed E-state index contributed by atoms with van der Waals surface area (Å²) < 4.78 is 0. The molecular weight excluding hydrogens is 290 g/mol. The number of hydrogen-bond acceptors (Lipinski definition) is 0. The minimum absolute atomic E-state index is 0. The van der Waals surface area contributed by atoms with Crippen molar-refractivity contribution < 1.29 is 0 Å². The van der Waals surface area contributed by atoms with E-state index in [4.69, 9.17) is 0 Å². The number of fused-ring (bicyclic) bond motifs is 1. The van der Waals surface area contributed by atoms with Gasteiger partial charge in [0.05, 0.1) is 5.66 Å². The molecule has 0 nitrogen and oxygen atoms in total. The predicted molar refractivity (Wildman–Crippen MR) is 104 cm³/mol. The van der Waals surface area contributed by atoms with E-state index in [-0.39, 0.29) is 18.9 Å². The molecule has 23 heavy (non-hydrogen) atoms. The Morgan fingerprint density at radius 3 is 1.65 bits per heavy atom. The van der Waals surface area contributed by atoms with Gasteiger partial charge in [-0.25, -0.2) is 0 Å². The van der Waals surface area contributed by atoms with E-state index in [0.29, 0.717) is 0 Å². The molecule has 0 saturated heterocycles. The van der Waals surface area contributed by atoms with Crippen molar-refractivity contribution in [1.29, 1.82) is 0 Å². The summed E-state index contributed by atoms with van der Waals surface area (Å²) in [6, 6.07) is 30.4. The summed E-state index contributed by atoms with van der Waals surface area (Å²) in [5, 5.41) is 2.81. The van der Waals surface area contributed by atoms with Gasteiger partial charge >= 0.3 is 18.9 Å². The molecular formula is C21H17LiP. The van der Waals surface area contributed by atoms with Crippen LogP contribution >= 0.6 is 7.92 Å². The number of hydrogen-bond donors (Lipinski definition) is 0. The summed E-state index contributed by atoms with van der Waals surface area (Å²) in [4.78, 5) is 0. The summed E-state index contributed by atoms with van der Waals surface area (Å²) in [5.41, 5.74) is 4.15. The fourth-order valence-electron chi connectivity index (χ4n) is 2.91. The molecule has 4 rings (SSSR count). The summed E-state index contributed by atoms with van der Waals surface area (Å²) in [6.07, 6.45) is 4.54. The summed E-state index contributed by atoms with van der Waals surface area (Å²) >= 11 is 0. The monoisotopic (exact) mass is 307 g/mol. The van der Waals surface area contributed by atoms with Gasteiger partial charge in [0.25, 0.3) is 0 Å². The second kappa shape index (κ2) is 7.33. The Morgan fingerprint density at radius 2 is 1.04 bits per heavy atom. The summed E-state index contributed by atoms with van der Waals surface area (Å²) in [6.45, 7) is 0. The molecule has 2 heteroatoms. The van der Waals surface area contributed by atoms with E-state index in [0.717, 1.165) is 0 Å².